The first-order valence-electron chi connectivity index (χ1n) is 13.5. The number of benzene rings is 2. The van der Waals surface area contributed by atoms with Gasteiger partial charge in [-0.05, 0) is 59.3 Å². The van der Waals surface area contributed by atoms with Crippen LogP contribution in [0.5, 0.6) is 11.5 Å². The fraction of sp³-hybridized carbons (Fsp3) is 0.467. The molecule has 0 radical (unpaired) electrons. The van der Waals surface area contributed by atoms with Gasteiger partial charge in [0.25, 0.3) is 18.1 Å². The molecule has 0 bridgehead atoms. The lowest BCUT2D eigenvalue weighted by atomic mass is 9.91. The molecule has 182 valence electrons. The Hall–Kier alpha value is -2.05. The minimum atomic E-state index is -1.40. The molecule has 2 saturated carbocycles. The highest BCUT2D eigenvalue weighted by atomic mass is 28.3. The summed E-state index contributed by atoms with van der Waals surface area (Å²) in [4.78, 5) is 0. The van der Waals surface area contributed by atoms with Crippen LogP contribution >= 0.6 is 0 Å². The summed E-state index contributed by atoms with van der Waals surface area (Å²) in [7, 11) is -2.80. The van der Waals surface area contributed by atoms with Crippen LogP contribution in [0.2, 0.25) is 12.1 Å². The van der Waals surface area contributed by atoms with Crippen LogP contribution in [-0.4, -0.2) is 18.1 Å². The Kier molecular flexibility index (Phi) is 9.69. The molecule has 0 aliphatic heterocycles. The Balaban J connectivity index is 1.30. The van der Waals surface area contributed by atoms with E-state index in [9.17, 15) is 0 Å². The lowest BCUT2D eigenvalue weighted by Crippen LogP contribution is -2.24. The van der Waals surface area contributed by atoms with Crippen molar-refractivity contribution in [2.45, 2.75) is 76.3 Å². The van der Waals surface area contributed by atoms with Gasteiger partial charge in [0.15, 0.2) is 0 Å². The van der Waals surface area contributed by atoms with Gasteiger partial charge in [0.05, 0.1) is 0 Å². The van der Waals surface area contributed by atoms with E-state index in [0.717, 1.165) is 23.3 Å². The van der Waals surface area contributed by atoms with E-state index >= 15 is 0 Å². The Labute approximate surface area is 210 Å². The van der Waals surface area contributed by atoms with Gasteiger partial charge in [0.2, 0.25) is 0 Å². The molecule has 4 rings (SSSR count). The van der Waals surface area contributed by atoms with Gasteiger partial charge in [-0.3, -0.25) is 0 Å². The van der Waals surface area contributed by atoms with Gasteiger partial charge in [0.1, 0.15) is 11.5 Å². The SMILES string of the molecule is C=C[SiH](CC1CCCCC1)Oc1ccc(-c2ccc(O[SiH](C=C)CC3CCCCC3)cc2)cc1. The zero-order valence-electron chi connectivity index (χ0n) is 20.8. The molecule has 0 spiro atoms. The second-order valence-electron chi connectivity index (χ2n) is 10.3. The summed E-state index contributed by atoms with van der Waals surface area (Å²) in [5.74, 6) is 3.65. The molecule has 2 atom stereocenters. The van der Waals surface area contributed by atoms with Crippen molar-refractivity contribution in [3.8, 4) is 22.6 Å². The van der Waals surface area contributed by atoms with E-state index in [1.807, 2.05) is 0 Å². The average molecular weight is 491 g/mol. The first-order chi connectivity index (χ1) is 16.7. The van der Waals surface area contributed by atoms with E-state index in [4.69, 9.17) is 8.85 Å². The molecule has 2 nitrogen and oxygen atoms in total. The van der Waals surface area contributed by atoms with Crippen molar-refractivity contribution < 1.29 is 8.85 Å². The normalized spacial score (nSPS) is 19.2. The average Bonchev–Trinajstić information content (AvgIpc) is 2.90. The molecule has 0 heterocycles. The third-order valence-electron chi connectivity index (χ3n) is 7.72. The van der Waals surface area contributed by atoms with Crippen LogP contribution in [0, 0.1) is 11.8 Å². The Morgan fingerprint density at radius 1 is 0.588 bits per heavy atom. The van der Waals surface area contributed by atoms with Gasteiger partial charge >= 0.3 is 0 Å². The zero-order chi connectivity index (χ0) is 23.6. The minimum absolute atomic E-state index is 0.842. The van der Waals surface area contributed by atoms with Crippen LogP contribution in [-0.2, 0) is 0 Å². The molecule has 2 aromatic carbocycles. The molecule has 2 unspecified atom stereocenters. The second-order valence-corrected chi connectivity index (χ2v) is 14.8. The highest BCUT2D eigenvalue weighted by molar-refractivity contribution is 6.58. The molecule has 2 aliphatic rings. The fourth-order valence-corrected chi connectivity index (χ4v) is 9.73. The standard InChI is InChI=1S/C30H42O2Si2/c1-3-33(23-25-11-7-5-8-12-25)31-29-19-15-27(16-20-29)28-17-21-30(22-18-28)32-34(4-2)24-26-13-9-6-10-14-26/h3-4,15-22,25-26,33-34H,1-2,5-14,23-24H2. The molecule has 0 amide bonds. The van der Waals surface area contributed by atoms with Gasteiger partial charge < -0.3 is 8.85 Å². The number of hydrogen-bond donors (Lipinski definition) is 0. The van der Waals surface area contributed by atoms with Crippen LogP contribution in [0.3, 0.4) is 0 Å². The third-order valence-corrected chi connectivity index (χ3v) is 12.2. The molecule has 2 fully saturated rings. The van der Waals surface area contributed by atoms with Crippen molar-refractivity contribution in [1.82, 2.24) is 0 Å². The summed E-state index contributed by atoms with van der Waals surface area (Å²) in [5.41, 5.74) is 6.63. The topological polar surface area (TPSA) is 18.5 Å². The lowest BCUT2D eigenvalue weighted by Gasteiger charge is -2.24. The summed E-state index contributed by atoms with van der Waals surface area (Å²) >= 11 is 0. The van der Waals surface area contributed by atoms with Crippen LogP contribution in [0.25, 0.3) is 11.1 Å². The molecular weight excluding hydrogens is 449 g/mol. The molecule has 0 saturated heterocycles. The van der Waals surface area contributed by atoms with Crippen molar-refractivity contribution in [1.29, 1.82) is 0 Å². The molecular formula is C30H42O2Si2. The maximum atomic E-state index is 6.39. The number of rotatable bonds is 11. The van der Waals surface area contributed by atoms with Crippen molar-refractivity contribution in [2.24, 2.45) is 11.8 Å². The van der Waals surface area contributed by atoms with E-state index in [1.54, 1.807) is 0 Å². The third kappa shape index (κ3) is 7.48. The van der Waals surface area contributed by atoms with Crippen molar-refractivity contribution in [3.63, 3.8) is 0 Å². The second kappa shape index (κ2) is 13.2. The Morgan fingerprint density at radius 3 is 1.26 bits per heavy atom. The van der Waals surface area contributed by atoms with Crippen LogP contribution in [0.15, 0.2) is 73.1 Å². The molecule has 2 aromatic rings. The minimum Gasteiger partial charge on any atom is -0.543 e. The van der Waals surface area contributed by atoms with Crippen LogP contribution < -0.4 is 8.85 Å². The maximum Gasteiger partial charge on any atom is 0.259 e. The first-order valence-corrected chi connectivity index (χ1v) is 17.4. The van der Waals surface area contributed by atoms with Gasteiger partial charge in [-0.1, -0.05) is 99.9 Å². The lowest BCUT2D eigenvalue weighted by molar-refractivity contribution is 0.375. The maximum absolute atomic E-state index is 6.39. The number of hydrogen-bond acceptors (Lipinski definition) is 2. The largest absolute Gasteiger partial charge is 0.543 e. The summed E-state index contributed by atoms with van der Waals surface area (Å²) in [6, 6.07) is 19.6. The summed E-state index contributed by atoms with van der Waals surface area (Å²) in [6.45, 7) is 8.15. The van der Waals surface area contributed by atoms with Gasteiger partial charge in [0, 0.05) is 0 Å². The Morgan fingerprint density at radius 2 is 0.941 bits per heavy atom. The van der Waals surface area contributed by atoms with Crippen LogP contribution in [0.4, 0.5) is 0 Å². The Bertz CT molecular complexity index is 806. The van der Waals surface area contributed by atoms with E-state index in [0.29, 0.717) is 0 Å². The van der Waals surface area contributed by atoms with Crippen molar-refractivity contribution in [2.75, 3.05) is 0 Å². The van der Waals surface area contributed by atoms with E-state index in [1.165, 1.54) is 87.4 Å². The molecule has 34 heavy (non-hydrogen) atoms. The highest BCUT2D eigenvalue weighted by Gasteiger charge is 2.21. The smallest absolute Gasteiger partial charge is 0.259 e. The highest BCUT2D eigenvalue weighted by Crippen LogP contribution is 2.31. The summed E-state index contributed by atoms with van der Waals surface area (Å²) in [6.07, 6.45) is 13.8. The van der Waals surface area contributed by atoms with Crippen molar-refractivity contribution >= 4 is 18.1 Å². The molecule has 2 aliphatic carbocycles. The fourth-order valence-electron chi connectivity index (χ4n) is 5.69. The van der Waals surface area contributed by atoms with Crippen molar-refractivity contribution in [3.05, 3.63) is 73.1 Å². The predicted molar refractivity (Wildman–Crippen MR) is 151 cm³/mol. The molecule has 4 heteroatoms. The summed E-state index contributed by atoms with van der Waals surface area (Å²) < 4.78 is 12.8. The van der Waals surface area contributed by atoms with Gasteiger partial charge in [-0.2, -0.15) is 0 Å². The van der Waals surface area contributed by atoms with Gasteiger partial charge in [-0.15, -0.1) is 13.2 Å². The summed E-state index contributed by atoms with van der Waals surface area (Å²) in [5, 5.41) is 0. The van der Waals surface area contributed by atoms with E-state index < -0.39 is 18.1 Å². The monoisotopic (exact) mass is 490 g/mol. The van der Waals surface area contributed by atoms with E-state index in [2.05, 4.69) is 73.1 Å². The van der Waals surface area contributed by atoms with Crippen LogP contribution in [0.1, 0.15) is 64.2 Å². The molecule has 0 N–H and O–H groups in total. The zero-order valence-corrected chi connectivity index (χ0v) is 23.1. The molecule has 0 aromatic heterocycles. The predicted octanol–water partition coefficient (Wildman–Crippen LogP) is 8.17. The van der Waals surface area contributed by atoms with E-state index in [-0.39, 0.29) is 0 Å². The quantitative estimate of drug-likeness (QED) is 0.296. The van der Waals surface area contributed by atoms with Gasteiger partial charge in [-0.25, -0.2) is 0 Å². The first kappa shape index (κ1) is 25.1.